The molecule has 0 saturated carbocycles. The number of esters is 1. The fourth-order valence-electron chi connectivity index (χ4n) is 6.15. The minimum atomic E-state index is -1.06. The maximum absolute atomic E-state index is 14.3. The number of benzene rings is 2. The summed E-state index contributed by atoms with van der Waals surface area (Å²) in [5.41, 5.74) is 4.02. The van der Waals surface area contributed by atoms with Gasteiger partial charge in [-0.05, 0) is 74.2 Å². The highest BCUT2D eigenvalue weighted by atomic mass is 31.0. The summed E-state index contributed by atoms with van der Waals surface area (Å²) in [5, 5.41) is 18.2. The Hall–Kier alpha value is -5.13. The predicted molar refractivity (Wildman–Crippen MR) is 192 cm³/mol. The zero-order chi connectivity index (χ0) is 35.9. The van der Waals surface area contributed by atoms with Crippen LogP contribution in [0.15, 0.2) is 60.7 Å². The first-order valence-electron chi connectivity index (χ1n) is 15.4. The lowest BCUT2D eigenvalue weighted by atomic mass is 10.00. The van der Waals surface area contributed by atoms with E-state index < -0.39 is 35.2 Å². The SMILES string of the molecule is COC(=O)c1ccc2c(-c3c(F)cccc3F)c(C)nn2c1C(C)C.Cc1nn2c(C(C)C)c(C(=O)O)ccc2c1-c1c(F)cccc1F.O.P. The molecule has 0 amide bonds. The van der Waals surface area contributed by atoms with E-state index in [1.807, 2.05) is 27.7 Å². The van der Waals surface area contributed by atoms with Crippen molar-refractivity contribution in [1.29, 1.82) is 0 Å². The third-order valence-corrected chi connectivity index (χ3v) is 8.17. The van der Waals surface area contributed by atoms with Crippen molar-refractivity contribution in [2.75, 3.05) is 7.11 Å². The lowest BCUT2D eigenvalue weighted by Gasteiger charge is -2.13. The van der Waals surface area contributed by atoms with Crippen LogP contribution < -0.4 is 0 Å². The number of rotatable bonds is 6. The van der Waals surface area contributed by atoms with E-state index in [1.165, 1.54) is 60.2 Å². The van der Waals surface area contributed by atoms with Crippen LogP contribution in [0, 0.1) is 37.1 Å². The summed E-state index contributed by atoms with van der Waals surface area (Å²) in [6, 6.07) is 13.7. The van der Waals surface area contributed by atoms with Crippen LogP contribution in [0.3, 0.4) is 0 Å². The van der Waals surface area contributed by atoms with Gasteiger partial charge in [-0.3, -0.25) is 0 Å². The second kappa shape index (κ2) is 15.8. The maximum Gasteiger partial charge on any atom is 0.339 e. The van der Waals surface area contributed by atoms with Gasteiger partial charge in [0.1, 0.15) is 23.3 Å². The third kappa shape index (κ3) is 7.22. The molecular formula is C37H39F4N4O5P. The van der Waals surface area contributed by atoms with Gasteiger partial charge in [0, 0.05) is 11.1 Å². The highest BCUT2D eigenvalue weighted by Crippen LogP contribution is 2.36. The summed E-state index contributed by atoms with van der Waals surface area (Å²) in [4.78, 5) is 23.5. The van der Waals surface area contributed by atoms with Gasteiger partial charge in [0.2, 0.25) is 0 Å². The number of carbonyl (C=O) groups excluding carboxylic acids is 1. The van der Waals surface area contributed by atoms with Crippen LogP contribution >= 0.6 is 9.90 Å². The van der Waals surface area contributed by atoms with Gasteiger partial charge in [-0.1, -0.05) is 39.8 Å². The molecule has 14 heteroatoms. The Morgan fingerprint density at radius 1 is 0.647 bits per heavy atom. The van der Waals surface area contributed by atoms with Crippen LogP contribution in [0.2, 0.25) is 0 Å². The molecule has 0 fully saturated rings. The van der Waals surface area contributed by atoms with Crippen molar-refractivity contribution in [2.45, 2.75) is 53.4 Å². The lowest BCUT2D eigenvalue weighted by Crippen LogP contribution is -2.12. The molecule has 6 rings (SSSR count). The topological polar surface area (TPSA) is 130 Å². The van der Waals surface area contributed by atoms with E-state index in [1.54, 1.807) is 30.5 Å². The summed E-state index contributed by atoms with van der Waals surface area (Å²) in [7, 11) is 1.31. The molecule has 0 radical (unpaired) electrons. The van der Waals surface area contributed by atoms with Crippen LogP contribution in [0.5, 0.6) is 0 Å². The summed E-state index contributed by atoms with van der Waals surface area (Å²) >= 11 is 0. The highest BCUT2D eigenvalue weighted by molar-refractivity contribution is 6.92. The zero-order valence-corrected chi connectivity index (χ0v) is 30.5. The predicted octanol–water partition coefficient (Wildman–Crippen LogP) is 8.14. The fraction of sp³-hybridized carbons (Fsp3) is 0.243. The lowest BCUT2D eigenvalue weighted by molar-refractivity contribution is 0.0597. The Kier molecular flexibility index (Phi) is 12.5. The number of carboxylic acid groups (broad SMARTS) is 1. The molecule has 3 N–H and O–H groups in total. The van der Waals surface area contributed by atoms with Gasteiger partial charge < -0.3 is 15.3 Å². The molecule has 9 nitrogen and oxygen atoms in total. The fourth-order valence-corrected chi connectivity index (χ4v) is 6.15. The molecule has 4 aromatic heterocycles. The number of nitrogens with zero attached hydrogens (tertiary/aromatic N) is 4. The Morgan fingerprint density at radius 3 is 1.33 bits per heavy atom. The molecular weight excluding hydrogens is 687 g/mol. The van der Waals surface area contributed by atoms with Gasteiger partial charge >= 0.3 is 11.9 Å². The van der Waals surface area contributed by atoms with Crippen molar-refractivity contribution in [2.24, 2.45) is 0 Å². The number of ether oxygens (including phenoxy) is 1. The second-order valence-corrected chi connectivity index (χ2v) is 12.1. The molecule has 1 unspecified atom stereocenters. The van der Waals surface area contributed by atoms with Crippen molar-refractivity contribution in [3.8, 4) is 22.3 Å². The van der Waals surface area contributed by atoms with Crippen molar-refractivity contribution >= 4 is 32.9 Å². The van der Waals surface area contributed by atoms with Gasteiger partial charge in [0.15, 0.2) is 0 Å². The average Bonchev–Trinajstić information content (AvgIpc) is 3.54. The number of hydrogen-bond donors (Lipinski definition) is 1. The number of hydrogen-bond acceptors (Lipinski definition) is 5. The van der Waals surface area contributed by atoms with E-state index in [9.17, 15) is 32.3 Å². The first-order chi connectivity index (χ1) is 23.2. The third-order valence-electron chi connectivity index (χ3n) is 8.17. The van der Waals surface area contributed by atoms with Crippen LogP contribution in [0.4, 0.5) is 17.6 Å². The number of methoxy groups -OCH3 is 1. The van der Waals surface area contributed by atoms with Gasteiger partial charge in [-0.25, -0.2) is 36.2 Å². The highest BCUT2D eigenvalue weighted by Gasteiger charge is 2.26. The maximum atomic E-state index is 14.3. The second-order valence-electron chi connectivity index (χ2n) is 12.1. The number of aryl methyl sites for hydroxylation is 2. The van der Waals surface area contributed by atoms with E-state index >= 15 is 0 Å². The molecule has 0 aliphatic rings. The van der Waals surface area contributed by atoms with E-state index in [0.29, 0.717) is 50.5 Å². The van der Waals surface area contributed by atoms with E-state index in [4.69, 9.17) is 4.74 Å². The molecule has 4 heterocycles. The normalized spacial score (nSPS) is 10.9. The first-order valence-corrected chi connectivity index (χ1v) is 15.4. The monoisotopic (exact) mass is 726 g/mol. The Morgan fingerprint density at radius 2 is 1.00 bits per heavy atom. The van der Waals surface area contributed by atoms with Crippen LogP contribution in [-0.4, -0.2) is 48.9 Å². The molecule has 0 aliphatic carbocycles. The molecule has 0 bridgehead atoms. The van der Waals surface area contributed by atoms with Crippen molar-refractivity contribution in [3.63, 3.8) is 0 Å². The number of halogens is 4. The molecule has 270 valence electrons. The van der Waals surface area contributed by atoms with Gasteiger partial charge in [-0.15, -0.1) is 0 Å². The molecule has 51 heavy (non-hydrogen) atoms. The minimum absolute atomic E-state index is 0. The number of carbonyl (C=O) groups is 2. The molecule has 1 atom stereocenters. The summed E-state index contributed by atoms with van der Waals surface area (Å²) in [5.74, 6) is -4.37. The number of aromatic carboxylic acids is 1. The summed E-state index contributed by atoms with van der Waals surface area (Å²) < 4.78 is 64.9. The number of aromatic nitrogens is 4. The van der Waals surface area contributed by atoms with E-state index in [-0.39, 0.29) is 43.9 Å². The van der Waals surface area contributed by atoms with Gasteiger partial charge in [0.05, 0.1) is 63.2 Å². The molecule has 6 aromatic rings. The molecule has 0 saturated heterocycles. The van der Waals surface area contributed by atoms with Crippen molar-refractivity contribution < 1.29 is 42.5 Å². The van der Waals surface area contributed by atoms with Crippen molar-refractivity contribution in [1.82, 2.24) is 19.2 Å². The van der Waals surface area contributed by atoms with Crippen LogP contribution in [-0.2, 0) is 4.74 Å². The smallest absolute Gasteiger partial charge is 0.339 e. The van der Waals surface area contributed by atoms with E-state index in [0.717, 1.165) is 0 Å². The zero-order valence-electron chi connectivity index (χ0n) is 29.1. The molecule has 0 spiro atoms. The molecule has 2 aromatic carbocycles. The number of pyridine rings is 2. The van der Waals surface area contributed by atoms with Crippen LogP contribution in [0.25, 0.3) is 33.3 Å². The van der Waals surface area contributed by atoms with Crippen molar-refractivity contribution in [3.05, 3.63) is 118 Å². The number of carboxylic acids is 1. The quantitative estimate of drug-likeness (QED) is 0.105. The van der Waals surface area contributed by atoms with Gasteiger partial charge in [-0.2, -0.15) is 20.1 Å². The summed E-state index contributed by atoms with van der Waals surface area (Å²) in [6.45, 7) is 10.9. The number of fused-ring (bicyclic) bond motifs is 2. The average molecular weight is 727 g/mol. The summed E-state index contributed by atoms with van der Waals surface area (Å²) in [6.07, 6.45) is 0. The Labute approximate surface area is 294 Å². The Balaban J connectivity index is 0.000000265. The van der Waals surface area contributed by atoms with E-state index in [2.05, 4.69) is 10.2 Å². The largest absolute Gasteiger partial charge is 0.478 e. The Bertz CT molecular complexity index is 2230. The van der Waals surface area contributed by atoms with Crippen LogP contribution in [0.1, 0.15) is 83.0 Å². The minimum Gasteiger partial charge on any atom is -0.478 e. The molecule has 0 aliphatic heterocycles. The first kappa shape index (κ1) is 40.3. The standard InChI is InChI=1S/C19H18F2N2O2.C18H16F2N2O2.H2O.H3P/c1-10(2)18-12(19(24)25-4)8-9-15-16(11(3)22-23(15)18)17-13(20)6-5-7-14(17)21;1-9(2)17-11(18(23)24)7-8-14-15(10(3)21-22(14)17)16-12(19)5-4-6-13(16)20;;/h5-10H,1-4H3;4-9H,1-3H3,(H,23,24);1H2;1H3. The van der Waals surface area contributed by atoms with Gasteiger partial charge in [0.25, 0.3) is 0 Å².